The molecule has 0 aromatic heterocycles. The van der Waals surface area contributed by atoms with Crippen molar-refractivity contribution < 1.29 is 17.9 Å². The van der Waals surface area contributed by atoms with Gasteiger partial charge in [0.25, 0.3) is 15.9 Å². The van der Waals surface area contributed by atoms with Gasteiger partial charge in [-0.15, -0.1) is 0 Å². The number of carbonyl (C=O) groups is 1. The Balaban J connectivity index is 2.16. The quantitative estimate of drug-likeness (QED) is 0.771. The lowest BCUT2D eigenvalue weighted by Crippen LogP contribution is -2.28. The minimum atomic E-state index is -3.79. The van der Waals surface area contributed by atoms with Crippen LogP contribution >= 0.6 is 11.6 Å². The van der Waals surface area contributed by atoms with Gasteiger partial charge in [0.15, 0.2) is 6.61 Å². The molecule has 2 N–H and O–H groups in total. The molecule has 0 radical (unpaired) electrons. The monoisotopic (exact) mass is 382 g/mol. The van der Waals surface area contributed by atoms with Crippen LogP contribution in [0.3, 0.4) is 0 Å². The smallest absolute Gasteiger partial charge is 0.262 e. The van der Waals surface area contributed by atoms with Crippen LogP contribution in [0.2, 0.25) is 5.02 Å². The summed E-state index contributed by atoms with van der Waals surface area (Å²) in [7, 11) is -3.79. The summed E-state index contributed by atoms with van der Waals surface area (Å²) in [6, 6.07) is 11.1. The predicted octanol–water partition coefficient (Wildman–Crippen LogP) is 2.96. The Morgan fingerprint density at radius 2 is 1.92 bits per heavy atom. The molecule has 0 aliphatic heterocycles. The van der Waals surface area contributed by atoms with E-state index in [4.69, 9.17) is 16.3 Å². The second kappa shape index (κ2) is 8.22. The number of hydrogen-bond acceptors (Lipinski definition) is 4. The third-order valence-electron chi connectivity index (χ3n) is 3.34. The van der Waals surface area contributed by atoms with Crippen LogP contribution in [-0.2, 0) is 14.8 Å². The van der Waals surface area contributed by atoms with Gasteiger partial charge in [-0.2, -0.15) is 0 Å². The molecule has 134 valence electrons. The van der Waals surface area contributed by atoms with Crippen molar-refractivity contribution in [3.63, 3.8) is 0 Å². The van der Waals surface area contributed by atoms with E-state index in [1.165, 1.54) is 12.1 Å². The number of hydrogen-bond donors (Lipinski definition) is 2. The van der Waals surface area contributed by atoms with Crippen molar-refractivity contribution in [2.75, 3.05) is 17.9 Å². The maximum absolute atomic E-state index is 12.6. The zero-order chi connectivity index (χ0) is 18.4. The minimum absolute atomic E-state index is 0.105. The van der Waals surface area contributed by atoms with E-state index in [-0.39, 0.29) is 17.4 Å². The van der Waals surface area contributed by atoms with Crippen molar-refractivity contribution in [3.8, 4) is 5.75 Å². The summed E-state index contributed by atoms with van der Waals surface area (Å²) in [5.74, 6) is 0.136. The number of amides is 1. The fourth-order valence-corrected chi connectivity index (χ4v) is 3.68. The lowest BCUT2D eigenvalue weighted by molar-refractivity contribution is -0.122. The van der Waals surface area contributed by atoms with Gasteiger partial charge < -0.3 is 10.1 Å². The fourth-order valence-electron chi connectivity index (χ4n) is 2.14. The molecule has 2 aromatic rings. The number of carbonyl (C=O) groups excluding carboxylic acids is 1. The Bertz CT molecular complexity index is 869. The van der Waals surface area contributed by atoms with E-state index in [1.54, 1.807) is 37.3 Å². The van der Waals surface area contributed by atoms with Crippen LogP contribution in [0.25, 0.3) is 0 Å². The highest BCUT2D eigenvalue weighted by molar-refractivity contribution is 7.92. The topological polar surface area (TPSA) is 84.5 Å². The number of nitrogens with one attached hydrogen (secondary N) is 2. The number of anilines is 1. The lowest BCUT2D eigenvalue weighted by Gasteiger charge is -2.12. The van der Waals surface area contributed by atoms with Crippen molar-refractivity contribution in [2.24, 2.45) is 0 Å². The molecular formula is C17H19ClN2O4S. The van der Waals surface area contributed by atoms with Crippen molar-refractivity contribution in [3.05, 3.63) is 53.1 Å². The Labute approximate surface area is 152 Å². The van der Waals surface area contributed by atoms with Gasteiger partial charge in [-0.3, -0.25) is 9.52 Å². The van der Waals surface area contributed by atoms with E-state index in [0.29, 0.717) is 28.6 Å². The minimum Gasteiger partial charge on any atom is -0.484 e. The Kier molecular flexibility index (Phi) is 6.27. The third-order valence-corrected chi connectivity index (χ3v) is 5.27. The van der Waals surface area contributed by atoms with Crippen LogP contribution in [0.4, 0.5) is 5.69 Å². The fraction of sp³-hybridized carbons (Fsp3) is 0.235. The Hall–Kier alpha value is -2.25. The van der Waals surface area contributed by atoms with Crippen LogP contribution in [0.5, 0.6) is 5.75 Å². The molecule has 8 heteroatoms. The molecular weight excluding hydrogens is 364 g/mol. The number of rotatable bonds is 7. The molecule has 1 amide bonds. The van der Waals surface area contributed by atoms with E-state index < -0.39 is 10.0 Å². The maximum Gasteiger partial charge on any atom is 0.262 e. The summed E-state index contributed by atoms with van der Waals surface area (Å²) in [4.78, 5) is 11.5. The van der Waals surface area contributed by atoms with Crippen LogP contribution in [-0.4, -0.2) is 27.5 Å². The molecule has 0 heterocycles. The van der Waals surface area contributed by atoms with E-state index in [0.717, 1.165) is 0 Å². The molecule has 0 bridgehead atoms. The summed E-state index contributed by atoms with van der Waals surface area (Å²) < 4.78 is 33.0. The predicted molar refractivity (Wildman–Crippen MR) is 97.6 cm³/mol. The van der Waals surface area contributed by atoms with Gasteiger partial charge in [-0.1, -0.05) is 23.7 Å². The molecule has 25 heavy (non-hydrogen) atoms. The van der Waals surface area contributed by atoms with Crippen LogP contribution in [0.1, 0.15) is 12.5 Å². The van der Waals surface area contributed by atoms with Crippen molar-refractivity contribution in [1.82, 2.24) is 5.32 Å². The number of benzene rings is 2. The zero-order valence-corrected chi connectivity index (χ0v) is 15.4. The van der Waals surface area contributed by atoms with E-state index in [2.05, 4.69) is 10.0 Å². The number of sulfonamides is 1. The van der Waals surface area contributed by atoms with Gasteiger partial charge in [0.1, 0.15) is 5.75 Å². The van der Waals surface area contributed by atoms with Crippen LogP contribution < -0.4 is 14.8 Å². The first-order valence-electron chi connectivity index (χ1n) is 7.61. The highest BCUT2D eigenvalue weighted by Gasteiger charge is 2.18. The van der Waals surface area contributed by atoms with E-state index in [9.17, 15) is 13.2 Å². The van der Waals surface area contributed by atoms with E-state index in [1.807, 2.05) is 6.92 Å². The lowest BCUT2D eigenvalue weighted by atomic mass is 10.2. The summed E-state index contributed by atoms with van der Waals surface area (Å²) in [5, 5.41) is 2.99. The number of ether oxygens (including phenoxy) is 1. The van der Waals surface area contributed by atoms with Crippen LogP contribution in [0, 0.1) is 6.92 Å². The molecule has 6 nitrogen and oxygen atoms in total. The summed E-state index contributed by atoms with van der Waals surface area (Å²) in [6.07, 6.45) is 0. The van der Waals surface area contributed by atoms with Gasteiger partial charge >= 0.3 is 0 Å². The molecule has 0 spiro atoms. The Morgan fingerprint density at radius 1 is 1.20 bits per heavy atom. The normalized spacial score (nSPS) is 11.0. The molecule has 0 atom stereocenters. The first-order chi connectivity index (χ1) is 11.8. The molecule has 0 aliphatic carbocycles. The van der Waals surface area contributed by atoms with Crippen molar-refractivity contribution >= 4 is 33.2 Å². The third kappa shape index (κ3) is 5.11. The molecule has 2 rings (SSSR count). The molecule has 0 fully saturated rings. The Morgan fingerprint density at radius 3 is 2.64 bits per heavy atom. The average molecular weight is 383 g/mol. The molecule has 2 aromatic carbocycles. The molecule has 0 aliphatic rings. The van der Waals surface area contributed by atoms with Crippen LogP contribution in [0.15, 0.2) is 47.4 Å². The standard InChI is InChI=1S/C17H19ClN2O4S/c1-3-19-17(21)11-24-14-7-4-6-13(10-14)20-25(22,23)16-9-5-8-15(18)12(16)2/h4-10,20H,3,11H2,1-2H3,(H,19,21). The highest BCUT2D eigenvalue weighted by atomic mass is 35.5. The van der Waals surface area contributed by atoms with Gasteiger partial charge in [0.2, 0.25) is 0 Å². The SMILES string of the molecule is CCNC(=O)COc1cccc(NS(=O)(=O)c2cccc(Cl)c2C)c1. The largest absolute Gasteiger partial charge is 0.484 e. The molecule has 0 saturated heterocycles. The molecule has 0 saturated carbocycles. The first kappa shape index (κ1) is 19.1. The van der Waals surface area contributed by atoms with Gasteiger partial charge in [0, 0.05) is 17.6 Å². The average Bonchev–Trinajstić information content (AvgIpc) is 2.55. The van der Waals surface area contributed by atoms with Crippen molar-refractivity contribution in [2.45, 2.75) is 18.7 Å². The second-order valence-electron chi connectivity index (χ2n) is 5.24. The number of likely N-dealkylation sites (N-methyl/N-ethyl adjacent to an activating group) is 1. The van der Waals surface area contributed by atoms with Crippen molar-refractivity contribution in [1.29, 1.82) is 0 Å². The summed E-state index contributed by atoms with van der Waals surface area (Å²) in [6.45, 7) is 3.83. The first-order valence-corrected chi connectivity index (χ1v) is 9.47. The number of halogens is 1. The van der Waals surface area contributed by atoms with Gasteiger partial charge in [-0.25, -0.2) is 8.42 Å². The second-order valence-corrected chi connectivity index (χ2v) is 7.30. The van der Waals surface area contributed by atoms with E-state index >= 15 is 0 Å². The van der Waals surface area contributed by atoms with Gasteiger partial charge in [0.05, 0.1) is 10.6 Å². The highest BCUT2D eigenvalue weighted by Crippen LogP contribution is 2.26. The summed E-state index contributed by atoms with van der Waals surface area (Å²) in [5.41, 5.74) is 0.799. The van der Waals surface area contributed by atoms with Gasteiger partial charge in [-0.05, 0) is 43.7 Å². The molecule has 0 unspecified atom stereocenters. The summed E-state index contributed by atoms with van der Waals surface area (Å²) >= 11 is 5.99. The maximum atomic E-state index is 12.6. The zero-order valence-electron chi connectivity index (χ0n) is 13.9.